The molecule has 0 aromatic heterocycles. The number of urea groups is 6. The second-order valence-electron chi connectivity index (χ2n) is 37.6. The molecule has 0 bridgehead atoms. The van der Waals surface area contributed by atoms with Crippen LogP contribution in [0.5, 0.6) is 0 Å². The molecule has 12 N–H and O–H groups in total. The Kier molecular flexibility index (Phi) is 45.3. The molecule has 24 nitrogen and oxygen atoms in total. The van der Waals surface area contributed by atoms with Crippen molar-refractivity contribution in [2.75, 3.05) is 124 Å². The average molecular weight is 1980 g/mol. The van der Waals surface area contributed by atoms with Crippen molar-refractivity contribution in [3.05, 3.63) is 333 Å². The number of hydrogen-bond donors (Lipinski definition) is 12. The highest BCUT2D eigenvalue weighted by Gasteiger charge is 2.28. The third kappa shape index (κ3) is 38.3. The van der Waals surface area contributed by atoms with Gasteiger partial charge in [0, 0.05) is 180 Å². The highest BCUT2D eigenvalue weighted by molar-refractivity contribution is 6.42. The molecular weight excluding hydrogens is 1840 g/mol. The summed E-state index contributed by atoms with van der Waals surface area (Å²) < 4.78 is 0. The maximum absolute atomic E-state index is 12.5. The van der Waals surface area contributed by atoms with Gasteiger partial charge in [-0.05, 0) is 234 Å². The number of anilines is 6. The van der Waals surface area contributed by atoms with Gasteiger partial charge in [0.25, 0.3) is 0 Å². The first-order chi connectivity index (χ1) is 69.1. The molecule has 6 aliphatic heterocycles. The van der Waals surface area contributed by atoms with Crippen molar-refractivity contribution in [1.29, 1.82) is 0 Å². The summed E-state index contributed by atoms with van der Waals surface area (Å²) in [4.78, 5) is 87.7. The highest BCUT2D eigenvalue weighted by Crippen LogP contribution is 2.29. The van der Waals surface area contributed by atoms with Crippen LogP contribution in [0, 0.1) is 13.8 Å². The Morgan fingerprint density at radius 1 is 0.275 bits per heavy atom. The lowest BCUT2D eigenvalue weighted by molar-refractivity contribution is 0.189. The van der Waals surface area contributed by atoms with Crippen LogP contribution in [0.1, 0.15) is 156 Å². The minimum Gasteiger partial charge on any atom is -0.335 e. The molecule has 27 heteroatoms. The van der Waals surface area contributed by atoms with E-state index < -0.39 is 0 Å². The number of amides is 12. The summed E-state index contributed by atoms with van der Waals surface area (Å²) in [6.45, 7) is 31.0. The predicted octanol–water partition coefficient (Wildman–Crippen LogP) is 23.7. The molecule has 11 aromatic carbocycles. The normalized spacial score (nSPS) is 16.0. The standard InChI is InChI=1S/C23H25N3O.2C21H27N3O.C20H25N3O.C15H21Cl2N3O.C15H22ClN3O/c27-23(25-22-12-6-10-19-9-4-5-11-21(19)22)24-20-13-15-26(16-14-20)17-18-7-2-1-3-8-18;1-2-18-10-6-7-11-20(18)23-21(25)22-19-12-14-24(15-13-19)16-17-8-4-3-5-9-17;1-2-17-8-10-19(11-9-17)22-21(25)23-20-12-14-24(15-13-20)16-18-6-4-3-5-7-18;1-16-7-5-6-10-19(16)22-20(24)21-18-11-13-23(14-12-18)15-17-8-3-2-4-9-17;1-2-7-20-8-5-11(6-9-20)18-15(21)19-12-3-4-13(16)14(17)10-12;1-3-19-8-6-13(7-9-19)17-15(20)18-14-10-12(16)5-4-11(14)2/h1-12,20H,13-17H2,(H2,24,25,27);3-11,19H,2,12-16H2,1H3,(H2,22,23,25);3-11,20H,2,12-16H2,1H3,(H2,22,23,25);2-10,18H,11-15H2,1H3,(H2,21,22,24);3-4,10-11H,2,5-9H2,1H3,(H2,18,19,21);4-5,10,13H,3,6-9H2,1-2H3,(H2,17,18,20). The van der Waals surface area contributed by atoms with E-state index in [2.05, 4.69) is 254 Å². The quantitative estimate of drug-likeness (QED) is 0.0255. The number of hydrogen-bond acceptors (Lipinski definition) is 12. The summed E-state index contributed by atoms with van der Waals surface area (Å²) in [6.07, 6.45) is 15.0. The van der Waals surface area contributed by atoms with Crippen molar-refractivity contribution in [2.24, 2.45) is 0 Å². The Morgan fingerprint density at radius 3 is 1.01 bits per heavy atom. The third-order valence-electron chi connectivity index (χ3n) is 26.8. The number of para-hydroxylation sites is 2. The minimum atomic E-state index is -0.192. The van der Waals surface area contributed by atoms with Crippen LogP contribution in [0.4, 0.5) is 62.9 Å². The Balaban J connectivity index is 0.000000153. The van der Waals surface area contributed by atoms with Gasteiger partial charge in [-0.2, -0.15) is 0 Å². The molecule has 0 saturated carbocycles. The number of benzene rings is 11. The predicted molar refractivity (Wildman–Crippen MR) is 586 cm³/mol. The molecular formula is C115H147Cl3N18O6. The van der Waals surface area contributed by atoms with Gasteiger partial charge < -0.3 is 73.6 Å². The Hall–Kier alpha value is -12.1. The number of nitrogens with zero attached hydrogens (tertiary/aromatic N) is 6. The van der Waals surface area contributed by atoms with Crippen molar-refractivity contribution in [1.82, 2.24) is 61.3 Å². The molecule has 142 heavy (non-hydrogen) atoms. The molecule has 6 fully saturated rings. The van der Waals surface area contributed by atoms with Crippen LogP contribution < -0.4 is 63.8 Å². The molecule has 12 amide bonds. The van der Waals surface area contributed by atoms with E-state index in [1.165, 1.54) is 34.2 Å². The van der Waals surface area contributed by atoms with E-state index in [4.69, 9.17) is 34.8 Å². The van der Waals surface area contributed by atoms with Gasteiger partial charge in [0.05, 0.1) is 15.7 Å². The van der Waals surface area contributed by atoms with Crippen LogP contribution in [0.3, 0.4) is 0 Å². The first kappa shape index (κ1) is 109. The molecule has 11 aromatic rings. The van der Waals surface area contributed by atoms with Crippen LogP contribution >= 0.6 is 34.8 Å². The van der Waals surface area contributed by atoms with Crippen molar-refractivity contribution in [3.63, 3.8) is 0 Å². The molecule has 0 radical (unpaired) electrons. The summed E-state index contributed by atoms with van der Waals surface area (Å²) in [7, 11) is 0. The number of rotatable bonds is 25. The summed E-state index contributed by atoms with van der Waals surface area (Å²) in [6, 6.07) is 91.4. The smallest absolute Gasteiger partial charge is 0.319 e. The molecule has 0 unspecified atom stereocenters. The van der Waals surface area contributed by atoms with Crippen LogP contribution in [-0.4, -0.2) is 193 Å². The maximum Gasteiger partial charge on any atom is 0.319 e. The van der Waals surface area contributed by atoms with E-state index in [0.717, 1.165) is 264 Å². The van der Waals surface area contributed by atoms with Crippen molar-refractivity contribution in [2.45, 2.75) is 200 Å². The van der Waals surface area contributed by atoms with Crippen molar-refractivity contribution >= 4 is 116 Å². The van der Waals surface area contributed by atoms with Gasteiger partial charge in [0.15, 0.2) is 0 Å². The second kappa shape index (κ2) is 59.1. The summed E-state index contributed by atoms with van der Waals surface area (Å²) in [5.41, 5.74) is 14.8. The van der Waals surface area contributed by atoms with Crippen molar-refractivity contribution < 1.29 is 28.8 Å². The van der Waals surface area contributed by atoms with E-state index in [-0.39, 0.29) is 72.4 Å². The molecule has 6 heterocycles. The Labute approximate surface area is 856 Å². The fourth-order valence-electron chi connectivity index (χ4n) is 18.5. The van der Waals surface area contributed by atoms with Gasteiger partial charge >= 0.3 is 36.2 Å². The van der Waals surface area contributed by atoms with Gasteiger partial charge in [-0.1, -0.05) is 275 Å². The largest absolute Gasteiger partial charge is 0.335 e. The molecule has 754 valence electrons. The van der Waals surface area contributed by atoms with Gasteiger partial charge in [-0.25, -0.2) is 28.8 Å². The number of likely N-dealkylation sites (tertiary alicyclic amines) is 6. The third-order valence-corrected chi connectivity index (χ3v) is 27.8. The Bertz CT molecular complexity index is 5630. The number of carbonyl (C=O) groups excluding carboxylic acids is 6. The van der Waals surface area contributed by atoms with Gasteiger partial charge in [0.2, 0.25) is 0 Å². The molecule has 17 rings (SSSR count). The van der Waals surface area contributed by atoms with Crippen LogP contribution in [0.2, 0.25) is 15.1 Å². The average Bonchev–Trinajstić information content (AvgIpc) is 0.819. The van der Waals surface area contributed by atoms with E-state index >= 15 is 0 Å². The van der Waals surface area contributed by atoms with Crippen LogP contribution in [-0.2, 0) is 39.0 Å². The number of carbonyl (C=O) groups is 6. The second-order valence-corrected chi connectivity index (χ2v) is 38.8. The maximum atomic E-state index is 12.5. The van der Waals surface area contributed by atoms with Gasteiger partial charge in [-0.15, -0.1) is 0 Å². The van der Waals surface area contributed by atoms with Crippen molar-refractivity contribution in [3.8, 4) is 0 Å². The van der Waals surface area contributed by atoms with Crippen LogP contribution in [0.25, 0.3) is 10.8 Å². The first-order valence-corrected chi connectivity index (χ1v) is 52.1. The fourth-order valence-corrected chi connectivity index (χ4v) is 19.0. The van der Waals surface area contributed by atoms with Gasteiger partial charge in [-0.3, -0.25) is 19.6 Å². The van der Waals surface area contributed by atoms with Crippen LogP contribution in [0.15, 0.2) is 273 Å². The van der Waals surface area contributed by atoms with E-state index in [1.807, 2.05) is 129 Å². The SMILES string of the molecule is CCCN1CCC(NC(=O)Nc2ccc(Cl)c(Cl)c2)CC1.CCN1CCC(NC(=O)Nc2cc(Cl)ccc2C)CC1.CCc1ccc(NC(=O)NC2CCN(Cc3ccccc3)CC2)cc1.CCc1ccccc1NC(=O)NC1CCN(Cc2ccccc2)CC1.Cc1ccccc1NC(=O)NC1CCN(Cc2ccccc2)CC1.O=C(Nc1cccc2ccccc12)NC1CCN(Cc2ccccc2)CC1. The number of piperidine rings is 6. The summed E-state index contributed by atoms with van der Waals surface area (Å²) in [5, 5.41) is 39.8. The summed E-state index contributed by atoms with van der Waals surface area (Å²) in [5.74, 6) is 0. The Morgan fingerprint density at radius 2 is 0.606 bits per heavy atom. The molecule has 0 spiro atoms. The monoisotopic (exact) mass is 1980 g/mol. The van der Waals surface area contributed by atoms with E-state index in [9.17, 15) is 28.8 Å². The number of fused-ring (bicyclic) bond motifs is 1. The summed E-state index contributed by atoms with van der Waals surface area (Å²) >= 11 is 17.7. The minimum absolute atomic E-state index is 0.0950. The lowest BCUT2D eigenvalue weighted by atomic mass is 10.0. The first-order valence-electron chi connectivity index (χ1n) is 51.0. The molecule has 6 saturated heterocycles. The topological polar surface area (TPSA) is 266 Å². The molecule has 6 aliphatic rings. The van der Waals surface area contributed by atoms with Gasteiger partial charge in [0.1, 0.15) is 0 Å². The fraction of sp³-hybridized carbons (Fsp3) is 0.391. The zero-order valence-electron chi connectivity index (χ0n) is 83.5. The zero-order chi connectivity index (χ0) is 100. The number of aryl methyl sites for hydroxylation is 4. The number of nitrogens with one attached hydrogen (secondary N) is 12. The number of halogens is 3. The van der Waals surface area contributed by atoms with E-state index in [1.54, 1.807) is 24.3 Å². The lowest BCUT2D eigenvalue weighted by Crippen LogP contribution is -2.46. The van der Waals surface area contributed by atoms with E-state index in [0.29, 0.717) is 20.8 Å². The molecule has 0 aliphatic carbocycles. The molecule has 0 atom stereocenters. The highest BCUT2D eigenvalue weighted by atomic mass is 35.5. The zero-order valence-corrected chi connectivity index (χ0v) is 85.8. The lowest BCUT2D eigenvalue weighted by Gasteiger charge is -2.32.